The van der Waals surface area contributed by atoms with Gasteiger partial charge in [0.2, 0.25) is 0 Å². The molecule has 1 aromatic heterocycles. The summed E-state index contributed by atoms with van der Waals surface area (Å²) in [6.07, 6.45) is 1.07. The van der Waals surface area contributed by atoms with Crippen molar-refractivity contribution in [1.29, 1.82) is 0 Å². The molecule has 0 spiro atoms. The Bertz CT molecular complexity index is 467. The van der Waals surface area contributed by atoms with Gasteiger partial charge in [-0.1, -0.05) is 18.2 Å². The quantitative estimate of drug-likeness (QED) is 0.857. The molecule has 18 heavy (non-hydrogen) atoms. The first-order valence-corrected chi connectivity index (χ1v) is 7.13. The van der Waals surface area contributed by atoms with Crippen molar-refractivity contribution >= 4 is 11.3 Å². The Morgan fingerprint density at radius 3 is 2.83 bits per heavy atom. The van der Waals surface area contributed by atoms with Gasteiger partial charge >= 0.3 is 0 Å². The zero-order valence-corrected chi connectivity index (χ0v) is 11.7. The van der Waals surface area contributed by atoms with E-state index in [4.69, 9.17) is 4.74 Å². The lowest BCUT2D eigenvalue weighted by molar-refractivity contribution is 0.402. The fraction of sp³-hybridized carbons (Fsp3) is 0.333. The number of para-hydroxylation sites is 1. The fourth-order valence-corrected chi connectivity index (χ4v) is 2.71. The second kappa shape index (κ2) is 6.57. The van der Waals surface area contributed by atoms with Crippen LogP contribution in [0.5, 0.6) is 5.75 Å². The van der Waals surface area contributed by atoms with Crippen LogP contribution in [-0.4, -0.2) is 13.7 Å². The van der Waals surface area contributed by atoms with Crippen LogP contribution in [0.2, 0.25) is 0 Å². The highest BCUT2D eigenvalue weighted by Gasteiger charge is 2.09. The molecule has 3 heteroatoms. The zero-order chi connectivity index (χ0) is 12.8. The summed E-state index contributed by atoms with van der Waals surface area (Å²) < 4.78 is 5.38. The van der Waals surface area contributed by atoms with E-state index in [9.17, 15) is 0 Å². The van der Waals surface area contributed by atoms with Gasteiger partial charge in [-0.15, -0.1) is 0 Å². The molecule has 0 aliphatic heterocycles. The number of rotatable bonds is 6. The van der Waals surface area contributed by atoms with Gasteiger partial charge in [0.25, 0.3) is 0 Å². The lowest BCUT2D eigenvalue weighted by Crippen LogP contribution is -2.21. The molecule has 1 aromatic carbocycles. The summed E-state index contributed by atoms with van der Waals surface area (Å²) in [5.74, 6) is 0.952. The van der Waals surface area contributed by atoms with Gasteiger partial charge in [0.05, 0.1) is 7.11 Å². The molecule has 1 heterocycles. The molecule has 2 rings (SSSR count). The molecule has 0 saturated heterocycles. The van der Waals surface area contributed by atoms with Gasteiger partial charge in [0.15, 0.2) is 0 Å². The van der Waals surface area contributed by atoms with Crippen molar-refractivity contribution in [3.8, 4) is 5.75 Å². The van der Waals surface area contributed by atoms with Crippen LogP contribution in [0.4, 0.5) is 0 Å². The molecule has 1 atom stereocenters. The van der Waals surface area contributed by atoms with E-state index in [1.54, 1.807) is 18.4 Å². The Morgan fingerprint density at radius 1 is 1.28 bits per heavy atom. The summed E-state index contributed by atoms with van der Waals surface area (Å²) in [6, 6.07) is 10.7. The SMILES string of the molecule is COc1ccccc1[C@H](C)NCCc1ccsc1. The number of hydrogen-bond acceptors (Lipinski definition) is 3. The van der Waals surface area contributed by atoms with E-state index in [0.717, 1.165) is 18.7 Å². The molecule has 0 aliphatic carbocycles. The molecular weight excluding hydrogens is 242 g/mol. The minimum Gasteiger partial charge on any atom is -0.496 e. The largest absolute Gasteiger partial charge is 0.496 e. The monoisotopic (exact) mass is 261 g/mol. The maximum absolute atomic E-state index is 5.38. The summed E-state index contributed by atoms with van der Waals surface area (Å²) >= 11 is 1.75. The van der Waals surface area contributed by atoms with Crippen LogP contribution < -0.4 is 10.1 Å². The third-order valence-electron chi connectivity index (χ3n) is 3.05. The number of methoxy groups -OCH3 is 1. The molecular formula is C15H19NOS. The van der Waals surface area contributed by atoms with Crippen LogP contribution in [0.25, 0.3) is 0 Å². The van der Waals surface area contributed by atoms with Gasteiger partial charge in [0.1, 0.15) is 5.75 Å². The lowest BCUT2D eigenvalue weighted by atomic mass is 10.1. The highest BCUT2D eigenvalue weighted by Crippen LogP contribution is 2.24. The van der Waals surface area contributed by atoms with Crippen molar-refractivity contribution in [3.63, 3.8) is 0 Å². The summed E-state index contributed by atoms with van der Waals surface area (Å²) in [4.78, 5) is 0. The Labute approximate surface area is 113 Å². The standard InChI is InChI=1S/C15H19NOS/c1-12(14-5-3-4-6-15(14)17-2)16-9-7-13-8-10-18-11-13/h3-6,8,10-12,16H,7,9H2,1-2H3/t12-/m0/s1. The molecule has 2 nitrogen and oxygen atoms in total. The summed E-state index contributed by atoms with van der Waals surface area (Å²) in [6.45, 7) is 3.15. The number of ether oxygens (including phenoxy) is 1. The van der Waals surface area contributed by atoms with E-state index >= 15 is 0 Å². The van der Waals surface area contributed by atoms with Crippen LogP contribution in [0.1, 0.15) is 24.1 Å². The minimum atomic E-state index is 0.305. The second-order valence-corrected chi connectivity index (χ2v) is 5.08. The van der Waals surface area contributed by atoms with E-state index in [1.165, 1.54) is 11.1 Å². The van der Waals surface area contributed by atoms with E-state index in [1.807, 2.05) is 12.1 Å². The third-order valence-corrected chi connectivity index (χ3v) is 3.78. The van der Waals surface area contributed by atoms with Gasteiger partial charge in [0, 0.05) is 11.6 Å². The summed E-state index contributed by atoms with van der Waals surface area (Å²) in [5, 5.41) is 7.86. The first-order valence-electron chi connectivity index (χ1n) is 6.18. The van der Waals surface area contributed by atoms with Gasteiger partial charge in [-0.05, 0) is 48.3 Å². The molecule has 0 aliphatic rings. The van der Waals surface area contributed by atoms with Crippen molar-refractivity contribution in [2.75, 3.05) is 13.7 Å². The first kappa shape index (κ1) is 13.1. The van der Waals surface area contributed by atoms with E-state index in [-0.39, 0.29) is 0 Å². The van der Waals surface area contributed by atoms with Crippen molar-refractivity contribution in [2.45, 2.75) is 19.4 Å². The highest BCUT2D eigenvalue weighted by molar-refractivity contribution is 7.07. The van der Waals surface area contributed by atoms with E-state index < -0.39 is 0 Å². The Morgan fingerprint density at radius 2 is 2.11 bits per heavy atom. The number of hydrogen-bond donors (Lipinski definition) is 1. The lowest BCUT2D eigenvalue weighted by Gasteiger charge is -2.17. The summed E-state index contributed by atoms with van der Waals surface area (Å²) in [7, 11) is 1.72. The molecule has 0 fully saturated rings. The number of benzene rings is 1. The average Bonchev–Trinajstić information content (AvgIpc) is 2.91. The second-order valence-electron chi connectivity index (χ2n) is 4.30. The fourth-order valence-electron chi connectivity index (χ4n) is 2.00. The van der Waals surface area contributed by atoms with Crippen LogP contribution >= 0.6 is 11.3 Å². The predicted molar refractivity (Wildman–Crippen MR) is 77.4 cm³/mol. The highest BCUT2D eigenvalue weighted by atomic mass is 32.1. The van der Waals surface area contributed by atoms with Crippen molar-refractivity contribution < 1.29 is 4.74 Å². The predicted octanol–water partition coefficient (Wildman–Crippen LogP) is 3.65. The molecule has 0 radical (unpaired) electrons. The molecule has 1 N–H and O–H groups in total. The van der Waals surface area contributed by atoms with Crippen LogP contribution in [0.15, 0.2) is 41.1 Å². The number of nitrogens with one attached hydrogen (secondary N) is 1. The first-order chi connectivity index (χ1) is 8.81. The molecule has 0 unspecified atom stereocenters. The molecule has 96 valence electrons. The molecule has 0 saturated carbocycles. The van der Waals surface area contributed by atoms with E-state index in [0.29, 0.717) is 6.04 Å². The maximum atomic E-state index is 5.38. The van der Waals surface area contributed by atoms with Crippen LogP contribution in [0.3, 0.4) is 0 Å². The third kappa shape index (κ3) is 3.34. The Hall–Kier alpha value is -1.32. The van der Waals surface area contributed by atoms with Crippen molar-refractivity contribution in [3.05, 3.63) is 52.2 Å². The Kier molecular flexibility index (Phi) is 4.79. The van der Waals surface area contributed by atoms with E-state index in [2.05, 4.69) is 41.2 Å². The molecule has 0 amide bonds. The minimum absolute atomic E-state index is 0.305. The van der Waals surface area contributed by atoms with Crippen LogP contribution in [0, 0.1) is 0 Å². The zero-order valence-electron chi connectivity index (χ0n) is 10.8. The normalized spacial score (nSPS) is 12.3. The summed E-state index contributed by atoms with van der Waals surface area (Å²) in [5.41, 5.74) is 2.62. The van der Waals surface area contributed by atoms with Gasteiger partial charge in [-0.25, -0.2) is 0 Å². The van der Waals surface area contributed by atoms with Crippen LogP contribution in [-0.2, 0) is 6.42 Å². The Balaban J connectivity index is 1.89. The van der Waals surface area contributed by atoms with Gasteiger partial charge in [-0.2, -0.15) is 11.3 Å². The van der Waals surface area contributed by atoms with Crippen molar-refractivity contribution in [1.82, 2.24) is 5.32 Å². The van der Waals surface area contributed by atoms with Gasteiger partial charge < -0.3 is 10.1 Å². The molecule has 2 aromatic rings. The van der Waals surface area contributed by atoms with Crippen molar-refractivity contribution in [2.24, 2.45) is 0 Å². The van der Waals surface area contributed by atoms with Gasteiger partial charge in [-0.3, -0.25) is 0 Å². The maximum Gasteiger partial charge on any atom is 0.123 e. The smallest absolute Gasteiger partial charge is 0.123 e. The number of thiophene rings is 1. The topological polar surface area (TPSA) is 21.3 Å². The average molecular weight is 261 g/mol. The molecule has 0 bridgehead atoms.